The van der Waals surface area contributed by atoms with E-state index in [1.54, 1.807) is 14.0 Å². The summed E-state index contributed by atoms with van der Waals surface area (Å²) in [6, 6.07) is 0. The summed E-state index contributed by atoms with van der Waals surface area (Å²) in [7, 11) is 1.54. The molecule has 0 N–H and O–H groups in total. The van der Waals surface area contributed by atoms with Crippen LogP contribution in [-0.2, 0) is 9.53 Å². The van der Waals surface area contributed by atoms with Gasteiger partial charge in [-0.3, -0.25) is 4.79 Å². The van der Waals surface area contributed by atoms with Crippen molar-refractivity contribution in [1.29, 1.82) is 0 Å². The number of Topliss-reactive ketones (excluding diaryl/α,β-unsaturated/α-hetero) is 1. The van der Waals surface area contributed by atoms with Crippen LogP contribution in [0.1, 0.15) is 27.2 Å². The first-order valence-corrected chi connectivity index (χ1v) is 4.35. The van der Waals surface area contributed by atoms with Gasteiger partial charge in [-0.25, -0.2) is 0 Å². The van der Waals surface area contributed by atoms with E-state index in [0.29, 0.717) is 12.2 Å². The van der Waals surface area contributed by atoms with Crippen LogP contribution in [0.4, 0.5) is 0 Å². The van der Waals surface area contributed by atoms with Crippen molar-refractivity contribution in [2.75, 3.05) is 7.11 Å². The molecule has 0 bridgehead atoms. The monoisotopic (exact) mass is 182 g/mol. The largest absolute Gasteiger partial charge is 0.501 e. The number of ether oxygens (including phenoxy) is 1. The van der Waals surface area contributed by atoms with Gasteiger partial charge in [-0.2, -0.15) is 0 Å². The summed E-state index contributed by atoms with van der Waals surface area (Å²) in [5.41, 5.74) is 1.20. The Bertz CT molecular complexity index is 222. The molecule has 0 aromatic carbocycles. The fourth-order valence-electron chi connectivity index (χ4n) is 1.02. The van der Waals surface area contributed by atoms with E-state index < -0.39 is 0 Å². The lowest BCUT2D eigenvalue weighted by Crippen LogP contribution is -2.13. The number of rotatable bonds is 5. The van der Waals surface area contributed by atoms with Crippen LogP contribution in [0, 0.1) is 5.92 Å². The number of methoxy groups -OCH3 is 1. The maximum atomic E-state index is 11.2. The van der Waals surface area contributed by atoms with Gasteiger partial charge < -0.3 is 4.74 Å². The number of carbonyl (C=O) groups excluding carboxylic acids is 1. The Morgan fingerprint density at radius 3 is 2.31 bits per heavy atom. The highest BCUT2D eigenvalue weighted by Crippen LogP contribution is 2.16. The Morgan fingerprint density at radius 2 is 2.00 bits per heavy atom. The molecule has 0 amide bonds. The first kappa shape index (κ1) is 11.9. The van der Waals surface area contributed by atoms with Crippen molar-refractivity contribution >= 4 is 5.78 Å². The molecule has 0 heterocycles. The highest BCUT2D eigenvalue weighted by molar-refractivity contribution is 5.80. The summed E-state index contributed by atoms with van der Waals surface area (Å²) in [5, 5.41) is 0. The molecule has 2 nitrogen and oxygen atoms in total. The molecule has 0 aliphatic rings. The number of hydrogen-bond donors (Lipinski definition) is 0. The van der Waals surface area contributed by atoms with Gasteiger partial charge >= 0.3 is 0 Å². The van der Waals surface area contributed by atoms with Crippen molar-refractivity contribution in [2.24, 2.45) is 5.92 Å². The Hall–Kier alpha value is -1.05. The van der Waals surface area contributed by atoms with Gasteiger partial charge in [0.2, 0.25) is 0 Å². The van der Waals surface area contributed by atoms with Crippen LogP contribution in [0.15, 0.2) is 24.0 Å². The zero-order valence-corrected chi connectivity index (χ0v) is 8.89. The van der Waals surface area contributed by atoms with Gasteiger partial charge in [-0.15, -0.1) is 0 Å². The Balaban J connectivity index is 4.36. The quantitative estimate of drug-likeness (QED) is 0.482. The molecule has 13 heavy (non-hydrogen) atoms. The molecular weight excluding hydrogens is 164 g/mol. The second kappa shape index (κ2) is 5.57. The maximum Gasteiger partial charge on any atom is 0.140 e. The molecule has 0 aromatic rings. The fraction of sp³-hybridized carbons (Fsp3) is 0.545. The number of carbonyl (C=O) groups is 1. The SMILES string of the molecule is C=C(OC)C(CC=C(C)C)C(C)=O. The van der Waals surface area contributed by atoms with Crippen LogP contribution in [0.3, 0.4) is 0 Å². The second-order valence-corrected chi connectivity index (χ2v) is 3.35. The van der Waals surface area contributed by atoms with Gasteiger partial charge in [-0.05, 0) is 27.2 Å². The average Bonchev–Trinajstić information content (AvgIpc) is 2.03. The van der Waals surface area contributed by atoms with Crippen LogP contribution in [-0.4, -0.2) is 12.9 Å². The summed E-state index contributed by atoms with van der Waals surface area (Å²) < 4.78 is 4.96. The fourth-order valence-corrected chi connectivity index (χ4v) is 1.02. The van der Waals surface area contributed by atoms with Crippen molar-refractivity contribution in [2.45, 2.75) is 27.2 Å². The zero-order chi connectivity index (χ0) is 10.4. The molecule has 0 aliphatic carbocycles. The van der Waals surface area contributed by atoms with E-state index in [2.05, 4.69) is 6.58 Å². The third-order valence-electron chi connectivity index (χ3n) is 1.90. The van der Waals surface area contributed by atoms with Crippen molar-refractivity contribution < 1.29 is 9.53 Å². The Kier molecular flexibility index (Phi) is 5.12. The Labute approximate surface area is 80.3 Å². The normalized spacial score (nSPS) is 11.7. The van der Waals surface area contributed by atoms with Gasteiger partial charge in [0.15, 0.2) is 0 Å². The van der Waals surface area contributed by atoms with Crippen LogP contribution in [0.2, 0.25) is 0 Å². The summed E-state index contributed by atoms with van der Waals surface area (Å²) in [5.74, 6) is 0.453. The van der Waals surface area contributed by atoms with E-state index in [1.165, 1.54) is 5.57 Å². The van der Waals surface area contributed by atoms with Crippen LogP contribution < -0.4 is 0 Å². The predicted molar refractivity (Wildman–Crippen MR) is 54.4 cm³/mol. The molecule has 0 spiro atoms. The minimum absolute atomic E-state index is 0.101. The molecule has 0 saturated carbocycles. The minimum atomic E-state index is -0.195. The molecule has 0 radical (unpaired) electrons. The lowest BCUT2D eigenvalue weighted by atomic mass is 9.98. The lowest BCUT2D eigenvalue weighted by molar-refractivity contribution is -0.120. The third kappa shape index (κ3) is 4.51. The number of allylic oxidation sites excluding steroid dienone is 3. The molecule has 0 aromatic heterocycles. The van der Waals surface area contributed by atoms with Gasteiger partial charge in [-0.1, -0.05) is 18.2 Å². The Morgan fingerprint density at radius 1 is 1.46 bits per heavy atom. The topological polar surface area (TPSA) is 26.3 Å². The molecular formula is C11H18O2. The van der Waals surface area contributed by atoms with Crippen molar-refractivity contribution in [1.82, 2.24) is 0 Å². The number of hydrogen-bond acceptors (Lipinski definition) is 2. The second-order valence-electron chi connectivity index (χ2n) is 3.35. The van der Waals surface area contributed by atoms with E-state index in [9.17, 15) is 4.79 Å². The molecule has 2 heteroatoms. The molecule has 0 rings (SSSR count). The summed E-state index contributed by atoms with van der Waals surface area (Å²) in [6.07, 6.45) is 2.71. The third-order valence-corrected chi connectivity index (χ3v) is 1.90. The van der Waals surface area contributed by atoms with E-state index in [4.69, 9.17) is 4.74 Å². The van der Waals surface area contributed by atoms with Crippen LogP contribution in [0.5, 0.6) is 0 Å². The summed E-state index contributed by atoms with van der Waals surface area (Å²) in [4.78, 5) is 11.2. The lowest BCUT2D eigenvalue weighted by Gasteiger charge is -2.13. The molecule has 0 fully saturated rings. The van der Waals surface area contributed by atoms with Crippen molar-refractivity contribution in [3.05, 3.63) is 24.0 Å². The standard InChI is InChI=1S/C11H18O2/c1-8(2)6-7-11(9(3)12)10(4)13-5/h6,11H,4,7H2,1-3,5H3. The van der Waals surface area contributed by atoms with Gasteiger partial charge in [0.1, 0.15) is 5.78 Å². The van der Waals surface area contributed by atoms with Gasteiger partial charge in [0.25, 0.3) is 0 Å². The van der Waals surface area contributed by atoms with E-state index >= 15 is 0 Å². The predicted octanol–water partition coefficient (Wildman–Crippen LogP) is 2.71. The highest BCUT2D eigenvalue weighted by atomic mass is 16.5. The molecule has 0 saturated heterocycles. The van der Waals surface area contributed by atoms with Crippen LogP contribution >= 0.6 is 0 Å². The molecule has 1 unspecified atom stereocenters. The smallest absolute Gasteiger partial charge is 0.140 e. The molecule has 0 aliphatic heterocycles. The van der Waals surface area contributed by atoms with Crippen molar-refractivity contribution in [3.8, 4) is 0 Å². The van der Waals surface area contributed by atoms with E-state index in [0.717, 1.165) is 0 Å². The minimum Gasteiger partial charge on any atom is -0.501 e. The molecule has 74 valence electrons. The summed E-state index contributed by atoms with van der Waals surface area (Å²) in [6.45, 7) is 9.28. The first-order valence-electron chi connectivity index (χ1n) is 4.35. The number of ketones is 1. The van der Waals surface area contributed by atoms with Crippen molar-refractivity contribution in [3.63, 3.8) is 0 Å². The average molecular weight is 182 g/mol. The van der Waals surface area contributed by atoms with Gasteiger partial charge in [0, 0.05) is 0 Å². The summed E-state index contributed by atoms with van der Waals surface area (Å²) >= 11 is 0. The highest BCUT2D eigenvalue weighted by Gasteiger charge is 2.16. The first-order chi connectivity index (χ1) is 5.99. The molecule has 1 atom stereocenters. The van der Waals surface area contributed by atoms with E-state index in [-0.39, 0.29) is 11.7 Å². The van der Waals surface area contributed by atoms with Crippen LogP contribution in [0.25, 0.3) is 0 Å². The van der Waals surface area contributed by atoms with E-state index in [1.807, 2.05) is 19.9 Å². The zero-order valence-electron chi connectivity index (χ0n) is 8.89. The van der Waals surface area contributed by atoms with Gasteiger partial charge in [0.05, 0.1) is 18.8 Å². The maximum absolute atomic E-state index is 11.2.